The van der Waals surface area contributed by atoms with E-state index in [-0.39, 0.29) is 6.61 Å². The van der Waals surface area contributed by atoms with Crippen LogP contribution in [0.3, 0.4) is 0 Å². The molecule has 0 spiro atoms. The van der Waals surface area contributed by atoms with Crippen molar-refractivity contribution in [1.29, 1.82) is 0 Å². The van der Waals surface area contributed by atoms with Crippen LogP contribution in [0, 0.1) is 23.5 Å². The highest BCUT2D eigenvalue weighted by atomic mass is 19.2. The molecule has 1 fully saturated rings. The van der Waals surface area contributed by atoms with Crippen molar-refractivity contribution in [2.24, 2.45) is 0 Å². The third-order valence-corrected chi connectivity index (χ3v) is 2.13. The quantitative estimate of drug-likeness (QED) is 0.580. The molecule has 0 radical (unpaired) electrons. The molecule has 88 valence electrons. The van der Waals surface area contributed by atoms with Crippen molar-refractivity contribution in [2.75, 3.05) is 13.2 Å². The third kappa shape index (κ3) is 1.95. The highest BCUT2D eigenvalue weighted by Gasteiger charge is 2.26. The molecule has 1 aromatic rings. The molecule has 2 rings (SSSR count). The molecule has 0 N–H and O–H groups in total. The normalized spacial score (nSPS) is 20.1. The zero-order chi connectivity index (χ0) is 11.7. The summed E-state index contributed by atoms with van der Waals surface area (Å²) in [5.74, 6) is -7.81. The minimum atomic E-state index is -1.73. The second kappa shape index (κ2) is 4.25. The fraction of sp³-hybridized carbons (Fsp3) is 0.444. The van der Waals surface area contributed by atoms with E-state index in [1.54, 1.807) is 0 Å². The summed E-state index contributed by atoms with van der Waals surface area (Å²) in [5, 5.41) is 0. The molecular weight excluding hydrogens is 230 g/mol. The maximum atomic E-state index is 13.1. The number of aromatic nitrogens is 1. The van der Waals surface area contributed by atoms with Crippen LogP contribution in [0.5, 0.6) is 5.75 Å². The predicted molar refractivity (Wildman–Crippen MR) is 43.9 cm³/mol. The van der Waals surface area contributed by atoms with Crippen LogP contribution in [-0.2, 0) is 4.74 Å². The molecule has 1 aliphatic heterocycles. The van der Waals surface area contributed by atoms with Gasteiger partial charge in [0.25, 0.3) is 11.9 Å². The lowest BCUT2D eigenvalue weighted by Gasteiger charge is -2.13. The zero-order valence-electron chi connectivity index (χ0n) is 7.97. The Morgan fingerprint density at radius 3 is 2.25 bits per heavy atom. The molecule has 0 bridgehead atoms. The van der Waals surface area contributed by atoms with Crippen molar-refractivity contribution in [1.82, 2.24) is 4.98 Å². The number of hydrogen-bond acceptors (Lipinski definition) is 3. The van der Waals surface area contributed by atoms with Crippen LogP contribution < -0.4 is 4.74 Å². The Kier molecular flexibility index (Phi) is 2.95. The maximum absolute atomic E-state index is 13.1. The van der Waals surface area contributed by atoms with Crippen LogP contribution in [0.2, 0.25) is 0 Å². The molecule has 0 amide bonds. The smallest absolute Gasteiger partial charge is 0.255 e. The van der Waals surface area contributed by atoms with Crippen LogP contribution in [0.4, 0.5) is 17.6 Å². The van der Waals surface area contributed by atoms with E-state index in [9.17, 15) is 17.6 Å². The SMILES string of the molecule is Fc1nc(F)c(F)c(OC2CCOC2)c1F. The summed E-state index contributed by atoms with van der Waals surface area (Å²) in [6.45, 7) is 0.508. The fourth-order valence-electron chi connectivity index (χ4n) is 1.34. The fourth-order valence-corrected chi connectivity index (χ4v) is 1.34. The molecule has 2 heterocycles. The van der Waals surface area contributed by atoms with Gasteiger partial charge < -0.3 is 9.47 Å². The summed E-state index contributed by atoms with van der Waals surface area (Å²) in [6.07, 6.45) is -0.199. The first kappa shape index (κ1) is 11.1. The van der Waals surface area contributed by atoms with Crippen molar-refractivity contribution in [3.8, 4) is 5.75 Å². The van der Waals surface area contributed by atoms with Crippen LogP contribution in [0.15, 0.2) is 0 Å². The average Bonchev–Trinajstić information content (AvgIpc) is 2.74. The van der Waals surface area contributed by atoms with Gasteiger partial charge in [-0.1, -0.05) is 0 Å². The number of halogens is 4. The van der Waals surface area contributed by atoms with E-state index in [2.05, 4.69) is 4.98 Å². The Morgan fingerprint density at radius 2 is 1.75 bits per heavy atom. The number of ether oxygens (including phenoxy) is 2. The van der Waals surface area contributed by atoms with Crippen LogP contribution in [0.1, 0.15) is 6.42 Å². The molecule has 1 saturated heterocycles. The summed E-state index contributed by atoms with van der Waals surface area (Å²) in [7, 11) is 0. The number of rotatable bonds is 2. The monoisotopic (exact) mass is 237 g/mol. The molecule has 3 nitrogen and oxygen atoms in total. The summed E-state index contributed by atoms with van der Waals surface area (Å²) >= 11 is 0. The summed E-state index contributed by atoms with van der Waals surface area (Å²) < 4.78 is 61.3. The van der Waals surface area contributed by atoms with E-state index in [0.717, 1.165) is 0 Å². The van der Waals surface area contributed by atoms with E-state index < -0.39 is 35.4 Å². The number of hydrogen-bond donors (Lipinski definition) is 0. The van der Waals surface area contributed by atoms with Gasteiger partial charge >= 0.3 is 0 Å². The van der Waals surface area contributed by atoms with Gasteiger partial charge in [0, 0.05) is 6.42 Å². The van der Waals surface area contributed by atoms with Crippen molar-refractivity contribution < 1.29 is 27.0 Å². The lowest BCUT2D eigenvalue weighted by Crippen LogP contribution is -2.18. The number of pyridine rings is 1. The zero-order valence-corrected chi connectivity index (χ0v) is 7.97. The standard InChI is InChI=1S/C9H7F4NO2/c10-5-7(16-4-1-2-15-3-4)6(11)9(13)14-8(5)12/h4H,1-3H2. The summed E-state index contributed by atoms with van der Waals surface area (Å²) in [4.78, 5) is 2.41. The minimum absolute atomic E-state index is 0.129. The van der Waals surface area contributed by atoms with E-state index in [1.165, 1.54) is 0 Å². The maximum Gasteiger partial charge on any atom is 0.255 e. The molecule has 1 atom stereocenters. The average molecular weight is 237 g/mol. The highest BCUT2D eigenvalue weighted by molar-refractivity contribution is 5.24. The largest absolute Gasteiger partial charge is 0.482 e. The highest BCUT2D eigenvalue weighted by Crippen LogP contribution is 2.26. The second-order valence-corrected chi connectivity index (χ2v) is 3.25. The molecule has 0 aliphatic carbocycles. The third-order valence-electron chi connectivity index (χ3n) is 2.13. The van der Waals surface area contributed by atoms with E-state index in [4.69, 9.17) is 9.47 Å². The Balaban J connectivity index is 2.31. The predicted octanol–water partition coefficient (Wildman–Crippen LogP) is 1.81. The summed E-state index contributed by atoms with van der Waals surface area (Å²) in [6, 6.07) is 0. The lowest BCUT2D eigenvalue weighted by molar-refractivity contribution is 0.131. The molecule has 0 saturated carbocycles. The van der Waals surface area contributed by atoms with Gasteiger partial charge in [0.1, 0.15) is 6.10 Å². The number of nitrogens with zero attached hydrogens (tertiary/aromatic N) is 1. The van der Waals surface area contributed by atoms with Crippen molar-refractivity contribution in [3.05, 3.63) is 23.5 Å². The molecular formula is C9H7F4NO2. The second-order valence-electron chi connectivity index (χ2n) is 3.25. The van der Waals surface area contributed by atoms with Crippen LogP contribution >= 0.6 is 0 Å². The van der Waals surface area contributed by atoms with Gasteiger partial charge in [0.15, 0.2) is 0 Å². The van der Waals surface area contributed by atoms with Crippen molar-refractivity contribution in [2.45, 2.75) is 12.5 Å². The van der Waals surface area contributed by atoms with Gasteiger partial charge in [-0.3, -0.25) is 0 Å². The first-order chi connectivity index (χ1) is 7.59. The van der Waals surface area contributed by atoms with Crippen molar-refractivity contribution >= 4 is 0 Å². The van der Waals surface area contributed by atoms with Gasteiger partial charge in [-0.25, -0.2) is 0 Å². The Labute approximate surface area is 88.0 Å². The van der Waals surface area contributed by atoms with E-state index >= 15 is 0 Å². The van der Waals surface area contributed by atoms with Gasteiger partial charge in [0.05, 0.1) is 13.2 Å². The lowest BCUT2D eigenvalue weighted by atomic mass is 10.3. The Morgan fingerprint density at radius 1 is 1.12 bits per heavy atom. The molecule has 1 aromatic heterocycles. The Hall–Kier alpha value is -1.37. The summed E-state index contributed by atoms with van der Waals surface area (Å²) in [5.41, 5.74) is 0. The molecule has 7 heteroatoms. The van der Waals surface area contributed by atoms with Gasteiger partial charge in [-0.2, -0.15) is 22.5 Å². The first-order valence-corrected chi connectivity index (χ1v) is 4.54. The Bertz CT molecular complexity index is 381. The topological polar surface area (TPSA) is 31.4 Å². The van der Waals surface area contributed by atoms with E-state index in [0.29, 0.717) is 13.0 Å². The molecule has 0 aromatic carbocycles. The molecule has 1 aliphatic rings. The van der Waals surface area contributed by atoms with Crippen LogP contribution in [0.25, 0.3) is 0 Å². The van der Waals surface area contributed by atoms with Crippen LogP contribution in [-0.4, -0.2) is 24.3 Å². The first-order valence-electron chi connectivity index (χ1n) is 4.54. The van der Waals surface area contributed by atoms with E-state index in [1.807, 2.05) is 0 Å². The van der Waals surface area contributed by atoms with Gasteiger partial charge in [0.2, 0.25) is 17.4 Å². The van der Waals surface area contributed by atoms with Gasteiger partial charge in [-0.15, -0.1) is 0 Å². The van der Waals surface area contributed by atoms with Crippen molar-refractivity contribution in [3.63, 3.8) is 0 Å². The van der Waals surface area contributed by atoms with Gasteiger partial charge in [-0.05, 0) is 0 Å². The molecule has 16 heavy (non-hydrogen) atoms. The minimum Gasteiger partial charge on any atom is -0.482 e. The molecule has 1 unspecified atom stereocenters.